The van der Waals surface area contributed by atoms with E-state index < -0.39 is 0 Å². The number of hydrogen-bond acceptors (Lipinski definition) is 3. The molecule has 1 aromatic heterocycles. The zero-order chi connectivity index (χ0) is 11.3. The summed E-state index contributed by atoms with van der Waals surface area (Å²) in [4.78, 5) is 11.5. The fraction of sp³-hybridized carbons (Fsp3) is 0.500. The van der Waals surface area contributed by atoms with Gasteiger partial charge in [-0.2, -0.15) is 11.8 Å². The van der Waals surface area contributed by atoms with Crippen molar-refractivity contribution < 1.29 is 9.21 Å². The number of amides is 1. The van der Waals surface area contributed by atoms with E-state index in [0.29, 0.717) is 17.4 Å². The molecule has 0 saturated carbocycles. The first-order valence-corrected chi connectivity index (χ1v) is 6.35. The van der Waals surface area contributed by atoms with Crippen LogP contribution in [0.3, 0.4) is 0 Å². The van der Waals surface area contributed by atoms with E-state index in [1.165, 1.54) is 6.26 Å². The number of halogens is 1. The van der Waals surface area contributed by atoms with Crippen LogP contribution >= 0.6 is 23.4 Å². The molecule has 0 radical (unpaired) electrons. The first-order chi connectivity index (χ1) is 7.15. The quantitative estimate of drug-likeness (QED) is 0.870. The van der Waals surface area contributed by atoms with E-state index in [1.807, 2.05) is 0 Å². The molecule has 1 aromatic rings. The van der Waals surface area contributed by atoms with Gasteiger partial charge in [0.15, 0.2) is 0 Å². The molecule has 1 N–H and O–H groups in total. The molecule has 0 aliphatic rings. The Morgan fingerprint density at radius 1 is 1.73 bits per heavy atom. The highest BCUT2D eigenvalue weighted by Crippen LogP contribution is 2.16. The molecule has 0 bridgehead atoms. The molecule has 0 aliphatic heterocycles. The number of thioether (sulfide) groups is 1. The van der Waals surface area contributed by atoms with Gasteiger partial charge in [0.25, 0.3) is 5.91 Å². The highest BCUT2D eigenvalue weighted by Gasteiger charge is 2.12. The van der Waals surface area contributed by atoms with E-state index in [2.05, 4.69) is 18.5 Å². The number of furan rings is 1. The Balaban J connectivity index is 2.34. The van der Waals surface area contributed by atoms with E-state index in [9.17, 15) is 4.79 Å². The second-order valence-corrected chi connectivity index (χ2v) is 4.82. The summed E-state index contributed by atoms with van der Waals surface area (Å²) in [5.74, 6) is -0.179. The van der Waals surface area contributed by atoms with Crippen molar-refractivity contribution in [3.63, 3.8) is 0 Å². The third kappa shape index (κ3) is 3.80. The normalized spacial score (nSPS) is 12.5. The van der Waals surface area contributed by atoms with Crippen molar-refractivity contribution >= 4 is 29.3 Å². The minimum Gasteiger partial charge on any atom is -0.452 e. The number of hydrogen-bond donors (Lipinski definition) is 1. The molecule has 0 saturated heterocycles. The maximum absolute atomic E-state index is 11.5. The molecule has 1 amide bonds. The molecule has 0 aromatic carbocycles. The van der Waals surface area contributed by atoms with Gasteiger partial charge in [-0.15, -0.1) is 0 Å². The second-order valence-electron chi connectivity index (χ2n) is 3.20. The lowest BCUT2D eigenvalue weighted by molar-refractivity contribution is 0.0953. The zero-order valence-corrected chi connectivity index (χ0v) is 10.3. The van der Waals surface area contributed by atoms with E-state index >= 15 is 0 Å². The molecule has 1 heterocycles. The Morgan fingerprint density at radius 2 is 2.47 bits per heavy atom. The fourth-order valence-electron chi connectivity index (χ4n) is 1.06. The summed E-state index contributed by atoms with van der Waals surface area (Å²) < 4.78 is 4.83. The molecule has 1 rings (SSSR count). The largest absolute Gasteiger partial charge is 0.452 e. The summed E-state index contributed by atoms with van der Waals surface area (Å²) in [6.07, 6.45) is 4.41. The predicted octanol–water partition coefficient (Wildman–Crippen LogP) is 2.80. The molecular formula is C10H14ClNO2S. The molecule has 0 spiro atoms. The van der Waals surface area contributed by atoms with Gasteiger partial charge in [-0.3, -0.25) is 4.79 Å². The molecule has 3 nitrogen and oxygen atoms in total. The number of nitrogens with one attached hydrogen (secondary N) is 1. The second kappa shape index (κ2) is 6.08. The summed E-state index contributed by atoms with van der Waals surface area (Å²) >= 11 is 7.45. The third-order valence-electron chi connectivity index (χ3n) is 2.10. The fourth-order valence-corrected chi connectivity index (χ4v) is 1.61. The lowest BCUT2D eigenvalue weighted by Crippen LogP contribution is -2.25. The molecular weight excluding hydrogens is 234 g/mol. The van der Waals surface area contributed by atoms with Crippen LogP contribution in [0.4, 0.5) is 0 Å². The van der Waals surface area contributed by atoms with Crippen LogP contribution in [-0.2, 0) is 0 Å². The minimum atomic E-state index is -0.179. The van der Waals surface area contributed by atoms with Crippen LogP contribution in [0.1, 0.15) is 23.7 Å². The first-order valence-electron chi connectivity index (χ1n) is 4.69. The highest BCUT2D eigenvalue weighted by atomic mass is 35.5. The molecule has 5 heteroatoms. The van der Waals surface area contributed by atoms with Gasteiger partial charge in [-0.1, -0.05) is 6.92 Å². The molecule has 1 unspecified atom stereocenters. The van der Waals surface area contributed by atoms with E-state index in [1.54, 1.807) is 17.8 Å². The van der Waals surface area contributed by atoms with Crippen LogP contribution in [-0.4, -0.2) is 24.0 Å². The predicted molar refractivity (Wildman–Crippen MR) is 63.6 cm³/mol. The average Bonchev–Trinajstić information content (AvgIpc) is 2.64. The standard InChI is InChI=1S/C10H14ClNO2S/c1-7(15-2)3-5-12-10(13)8-4-6-14-9(8)11/h4,6-7H,3,5H2,1-2H3,(H,12,13). The van der Waals surface area contributed by atoms with Crippen LogP contribution in [0.25, 0.3) is 0 Å². The van der Waals surface area contributed by atoms with Crippen molar-refractivity contribution in [2.45, 2.75) is 18.6 Å². The molecule has 15 heavy (non-hydrogen) atoms. The van der Waals surface area contributed by atoms with Crippen molar-refractivity contribution in [1.82, 2.24) is 5.32 Å². The van der Waals surface area contributed by atoms with Gasteiger partial charge < -0.3 is 9.73 Å². The first kappa shape index (κ1) is 12.5. The summed E-state index contributed by atoms with van der Waals surface area (Å²) in [6, 6.07) is 1.57. The smallest absolute Gasteiger partial charge is 0.256 e. The highest BCUT2D eigenvalue weighted by molar-refractivity contribution is 7.99. The van der Waals surface area contributed by atoms with Crippen molar-refractivity contribution in [2.75, 3.05) is 12.8 Å². The van der Waals surface area contributed by atoms with Crippen molar-refractivity contribution in [2.24, 2.45) is 0 Å². The molecule has 0 fully saturated rings. The van der Waals surface area contributed by atoms with Gasteiger partial charge >= 0.3 is 0 Å². The Morgan fingerprint density at radius 3 is 3.00 bits per heavy atom. The van der Waals surface area contributed by atoms with Crippen LogP contribution in [0.5, 0.6) is 0 Å². The molecule has 84 valence electrons. The number of carbonyl (C=O) groups is 1. The summed E-state index contributed by atoms with van der Waals surface area (Å²) in [6.45, 7) is 2.78. The SMILES string of the molecule is CSC(C)CCNC(=O)c1ccoc1Cl. The lowest BCUT2D eigenvalue weighted by Gasteiger charge is -2.08. The Labute approximate surface area is 98.6 Å². The van der Waals surface area contributed by atoms with Gasteiger partial charge in [0.05, 0.1) is 11.8 Å². The molecule has 1 atom stereocenters. The Hall–Kier alpha value is -0.610. The average molecular weight is 248 g/mol. The van der Waals surface area contributed by atoms with E-state index in [4.69, 9.17) is 16.0 Å². The van der Waals surface area contributed by atoms with E-state index in [-0.39, 0.29) is 11.1 Å². The number of carbonyl (C=O) groups excluding carboxylic acids is 1. The van der Waals surface area contributed by atoms with E-state index in [0.717, 1.165) is 6.42 Å². The summed E-state index contributed by atoms with van der Waals surface area (Å²) in [7, 11) is 0. The Bertz CT molecular complexity index is 327. The number of rotatable bonds is 5. The van der Waals surface area contributed by atoms with Crippen molar-refractivity contribution in [1.29, 1.82) is 0 Å². The maximum Gasteiger partial charge on any atom is 0.256 e. The summed E-state index contributed by atoms with van der Waals surface area (Å²) in [5, 5.41) is 3.48. The molecule has 0 aliphatic carbocycles. The van der Waals surface area contributed by atoms with Crippen LogP contribution in [0.15, 0.2) is 16.7 Å². The summed E-state index contributed by atoms with van der Waals surface area (Å²) in [5.41, 5.74) is 0.397. The van der Waals surface area contributed by atoms with Crippen LogP contribution < -0.4 is 5.32 Å². The zero-order valence-electron chi connectivity index (χ0n) is 8.75. The Kier molecular flexibility index (Phi) is 5.05. The third-order valence-corrected chi connectivity index (χ3v) is 3.43. The van der Waals surface area contributed by atoms with Gasteiger partial charge in [0.1, 0.15) is 0 Å². The van der Waals surface area contributed by atoms with Gasteiger partial charge in [0.2, 0.25) is 5.22 Å². The van der Waals surface area contributed by atoms with Gasteiger partial charge in [0, 0.05) is 11.8 Å². The van der Waals surface area contributed by atoms with Gasteiger partial charge in [-0.25, -0.2) is 0 Å². The van der Waals surface area contributed by atoms with Crippen molar-refractivity contribution in [3.8, 4) is 0 Å². The minimum absolute atomic E-state index is 0.144. The van der Waals surface area contributed by atoms with Gasteiger partial charge in [-0.05, 0) is 30.3 Å². The monoisotopic (exact) mass is 247 g/mol. The van der Waals surface area contributed by atoms with Crippen LogP contribution in [0.2, 0.25) is 5.22 Å². The van der Waals surface area contributed by atoms with Crippen molar-refractivity contribution in [3.05, 3.63) is 23.1 Å². The maximum atomic E-state index is 11.5. The lowest BCUT2D eigenvalue weighted by atomic mass is 10.3. The van der Waals surface area contributed by atoms with Crippen LogP contribution in [0, 0.1) is 0 Å². The topological polar surface area (TPSA) is 42.2 Å².